The molecule has 4 N–H and O–H groups in total. The third-order valence-electron chi connectivity index (χ3n) is 16.5. The van der Waals surface area contributed by atoms with Gasteiger partial charge in [-0.3, -0.25) is 14.4 Å². The van der Waals surface area contributed by atoms with Crippen LogP contribution in [-0.2, 0) is 47.6 Å². The van der Waals surface area contributed by atoms with E-state index in [1.54, 1.807) is 34.0 Å². The Labute approximate surface area is 452 Å². The van der Waals surface area contributed by atoms with Gasteiger partial charge in [-0.1, -0.05) is 108 Å². The fourth-order valence-electron chi connectivity index (χ4n) is 11.5. The third-order valence-corrected chi connectivity index (χ3v) is 16.5. The molecule has 0 spiro atoms. The summed E-state index contributed by atoms with van der Waals surface area (Å²) < 4.78 is 36.7. The normalized spacial score (nSPS) is 36.7. The molecule has 3 unspecified atom stereocenters. The molecule has 4 aliphatic rings. The minimum absolute atomic E-state index is 0.0371. The van der Waals surface area contributed by atoms with Gasteiger partial charge in [0.15, 0.2) is 0 Å². The number of aliphatic hydroxyl groups is 4. The van der Waals surface area contributed by atoms with Crippen LogP contribution in [0.3, 0.4) is 0 Å². The molecule has 1 saturated carbocycles. The molecule has 0 radical (unpaired) electrons. The van der Waals surface area contributed by atoms with Gasteiger partial charge in [-0.15, -0.1) is 0 Å². The maximum Gasteiger partial charge on any atom is 0.329 e. The van der Waals surface area contributed by atoms with Gasteiger partial charge in [-0.25, -0.2) is 4.79 Å². The van der Waals surface area contributed by atoms with E-state index in [0.717, 1.165) is 24.0 Å². The molecule has 424 valence electrons. The number of fused-ring (bicyclic) bond motifs is 3. The zero-order chi connectivity index (χ0) is 55.7. The molecular weight excluding hydrogens is 971 g/mol. The van der Waals surface area contributed by atoms with Crippen LogP contribution in [0.15, 0.2) is 90.1 Å². The number of rotatable bonds is 12. The zero-order valence-corrected chi connectivity index (χ0v) is 46.9. The number of carbonyl (C=O) groups is 4. The number of piperidine rings is 1. The van der Waals surface area contributed by atoms with Crippen molar-refractivity contribution in [2.75, 3.05) is 40.6 Å². The molecule has 2 bridgehead atoms. The van der Waals surface area contributed by atoms with E-state index in [1.165, 1.54) is 12.0 Å². The van der Waals surface area contributed by atoms with Crippen LogP contribution in [-0.4, -0.2) is 144 Å². The van der Waals surface area contributed by atoms with Gasteiger partial charge in [0.25, 0.3) is 11.7 Å². The predicted octanol–water partition coefficient (Wildman–Crippen LogP) is 8.29. The molecule has 5 rings (SSSR count). The maximum atomic E-state index is 14.6. The number of methoxy groups -OCH3 is 2. The van der Waals surface area contributed by atoms with Gasteiger partial charge < -0.3 is 53.7 Å². The van der Waals surface area contributed by atoms with Crippen molar-refractivity contribution < 1.29 is 68.0 Å². The Morgan fingerprint density at radius 2 is 1.61 bits per heavy atom. The summed E-state index contributed by atoms with van der Waals surface area (Å²) in [6.45, 7) is 17.7. The molecule has 0 aromatic heterocycles. The highest BCUT2D eigenvalue weighted by Crippen LogP contribution is 2.38. The van der Waals surface area contributed by atoms with Gasteiger partial charge in [0, 0.05) is 45.4 Å². The van der Waals surface area contributed by atoms with Crippen LogP contribution >= 0.6 is 0 Å². The lowest BCUT2D eigenvalue weighted by atomic mass is 9.78. The number of hydrogen-bond donors (Lipinski definition) is 4. The zero-order valence-electron chi connectivity index (χ0n) is 46.9. The van der Waals surface area contributed by atoms with Gasteiger partial charge >= 0.3 is 5.97 Å². The number of amides is 1. The summed E-state index contributed by atoms with van der Waals surface area (Å²) in [5.41, 5.74) is 2.75. The van der Waals surface area contributed by atoms with Crippen molar-refractivity contribution in [3.05, 3.63) is 95.6 Å². The van der Waals surface area contributed by atoms with Gasteiger partial charge in [0.05, 0.1) is 44.2 Å². The summed E-state index contributed by atoms with van der Waals surface area (Å²) in [7, 11) is 3.17. The number of ketones is 2. The number of nitrogens with zero attached hydrogens (tertiary/aromatic N) is 1. The molecule has 3 fully saturated rings. The molecule has 1 aliphatic carbocycles. The third kappa shape index (κ3) is 17.2. The fraction of sp³-hybridized carbons (Fsp3) is 0.672. The van der Waals surface area contributed by atoms with Crippen molar-refractivity contribution in [1.82, 2.24) is 4.90 Å². The molecular formula is C61H91NO14. The minimum atomic E-state index is -2.51. The SMILES string of the molecule is C=C1[C@H](C)C[C@H](C)/C=C/C=C/C=C(\C)C(OCC(O)c2ccccc2)C[C@@H]2CC[C@@H](C)[C@@](O)(O2)C(=O)C(=O)N2CCCCC2C(=O)O[C@H]([C@H](C)C[C@@H]2CC[C@@H](OCCO)[C@H](OC)C2)CC(=O)[C@H](C)/C=C(\C)[C@@H](O)[C@H]1OC. The van der Waals surface area contributed by atoms with E-state index in [9.17, 15) is 39.6 Å². The van der Waals surface area contributed by atoms with Gasteiger partial charge in [0.2, 0.25) is 5.79 Å². The number of esters is 1. The van der Waals surface area contributed by atoms with Crippen molar-refractivity contribution in [1.29, 1.82) is 0 Å². The van der Waals surface area contributed by atoms with E-state index < -0.39 is 77.9 Å². The van der Waals surface area contributed by atoms with Crippen LogP contribution in [0.2, 0.25) is 0 Å². The number of carbonyl (C=O) groups excluding carboxylic acids is 4. The van der Waals surface area contributed by atoms with Crippen LogP contribution < -0.4 is 0 Å². The fourth-order valence-corrected chi connectivity index (χ4v) is 11.5. The first-order valence-corrected chi connectivity index (χ1v) is 27.9. The first kappa shape index (κ1) is 62.7. The van der Waals surface area contributed by atoms with Gasteiger partial charge in [0.1, 0.15) is 36.2 Å². The molecule has 3 heterocycles. The van der Waals surface area contributed by atoms with E-state index in [0.29, 0.717) is 56.1 Å². The van der Waals surface area contributed by atoms with Crippen molar-refractivity contribution in [2.45, 2.75) is 186 Å². The summed E-state index contributed by atoms with van der Waals surface area (Å²) in [6, 6.07) is 8.02. The van der Waals surface area contributed by atoms with Crippen LogP contribution in [0.4, 0.5) is 0 Å². The maximum absolute atomic E-state index is 14.6. The van der Waals surface area contributed by atoms with E-state index in [2.05, 4.69) is 26.5 Å². The Balaban J connectivity index is 1.48. The summed E-state index contributed by atoms with van der Waals surface area (Å²) in [5.74, 6) is -7.23. The molecule has 1 aromatic rings. The Morgan fingerprint density at radius 1 is 0.868 bits per heavy atom. The molecule has 1 aromatic carbocycles. The Hall–Kier alpha value is -4.16. The molecule has 16 atom stereocenters. The average Bonchev–Trinajstić information content (AvgIpc) is 3.41. The van der Waals surface area contributed by atoms with Gasteiger partial charge in [-0.05, 0) is 124 Å². The summed E-state index contributed by atoms with van der Waals surface area (Å²) in [4.78, 5) is 59.3. The van der Waals surface area contributed by atoms with Crippen molar-refractivity contribution in [2.24, 2.45) is 35.5 Å². The quantitative estimate of drug-likeness (QED) is 0.0883. The second kappa shape index (κ2) is 30.3. The summed E-state index contributed by atoms with van der Waals surface area (Å²) in [6.07, 6.45) is 11.8. The molecule has 76 heavy (non-hydrogen) atoms. The molecule has 15 nitrogen and oxygen atoms in total. The second-order valence-electron chi connectivity index (χ2n) is 22.4. The topological polar surface area (TPSA) is 208 Å². The van der Waals surface area contributed by atoms with E-state index in [4.69, 9.17) is 28.4 Å². The highest BCUT2D eigenvalue weighted by Gasteiger charge is 2.53. The number of cyclic esters (lactones) is 1. The van der Waals surface area contributed by atoms with Crippen LogP contribution in [0, 0.1) is 35.5 Å². The van der Waals surface area contributed by atoms with Crippen LogP contribution in [0.5, 0.6) is 0 Å². The van der Waals surface area contributed by atoms with E-state index in [-0.39, 0.29) is 87.3 Å². The summed E-state index contributed by atoms with van der Waals surface area (Å²) in [5, 5.41) is 44.5. The van der Waals surface area contributed by atoms with E-state index >= 15 is 0 Å². The minimum Gasteiger partial charge on any atom is -0.460 e. The van der Waals surface area contributed by atoms with Crippen molar-refractivity contribution in [3.63, 3.8) is 0 Å². The number of aliphatic hydroxyl groups excluding tert-OH is 3. The highest BCUT2D eigenvalue weighted by molar-refractivity contribution is 6.39. The lowest BCUT2D eigenvalue weighted by Crippen LogP contribution is -2.61. The smallest absolute Gasteiger partial charge is 0.329 e. The molecule has 2 saturated heterocycles. The first-order valence-electron chi connectivity index (χ1n) is 27.9. The van der Waals surface area contributed by atoms with E-state index in [1.807, 2.05) is 68.5 Å². The lowest BCUT2D eigenvalue weighted by molar-refractivity contribution is -0.266. The Bertz CT molecular complexity index is 2170. The van der Waals surface area contributed by atoms with Crippen LogP contribution in [0.25, 0.3) is 0 Å². The van der Waals surface area contributed by atoms with Crippen molar-refractivity contribution >= 4 is 23.4 Å². The van der Waals surface area contributed by atoms with Gasteiger partial charge in [-0.2, -0.15) is 0 Å². The molecule has 3 aliphatic heterocycles. The number of Topliss-reactive ketones (excluding diaryl/α,β-unsaturated/α-hetero) is 2. The number of allylic oxidation sites excluding steroid dienone is 6. The second-order valence-corrected chi connectivity index (χ2v) is 22.4. The Kier molecular flexibility index (Phi) is 25.0. The first-order chi connectivity index (χ1) is 36.2. The summed E-state index contributed by atoms with van der Waals surface area (Å²) >= 11 is 0. The molecule has 1 amide bonds. The standard InChI is InChI=1S/C61H91NO14/c1-38-19-13-11-14-20-39(2)53(74-37-51(65)47-21-15-12-16-22-47)35-48-26-24-44(7)61(70,76-48)58(67)59(68)62-28-18-17-23-49(62)60(69)75-54(42(5)33-46-25-27-52(73-30-29-63)55(34-46)71-9)36-50(64)41(4)32-43(6)56(66)57(72-10)45(8)40(3)31-38/h11-16,19-22,32,38,40-42,44,46,48-49,51-57,63,65-66,70H,8,17-18,23-31,33-37H2,1-7,9-10H3/b14-11+,19-13+,39-20+,43-32+/t38-,40-,41-,42-,44-,46+,48+,49?,51?,52-,53?,54+,55-,56-,57+,61-/m1/s1. The van der Waals surface area contributed by atoms with Crippen LogP contribution in [0.1, 0.15) is 137 Å². The average molecular weight is 1060 g/mol. The number of benzene rings is 1. The number of ether oxygens (including phenoxy) is 6. The molecule has 15 heteroatoms. The largest absolute Gasteiger partial charge is 0.460 e. The monoisotopic (exact) mass is 1060 g/mol. The predicted molar refractivity (Wildman–Crippen MR) is 290 cm³/mol. The lowest BCUT2D eigenvalue weighted by Gasteiger charge is -2.43. The number of hydrogen-bond acceptors (Lipinski definition) is 14. The van der Waals surface area contributed by atoms with Crippen molar-refractivity contribution in [3.8, 4) is 0 Å². The highest BCUT2D eigenvalue weighted by atomic mass is 16.6. The Morgan fingerprint density at radius 3 is 2.30 bits per heavy atom.